The number of aromatic nitrogens is 3. The zero-order valence-corrected chi connectivity index (χ0v) is 12.7. The predicted octanol–water partition coefficient (Wildman–Crippen LogP) is -0.217. The summed E-state index contributed by atoms with van der Waals surface area (Å²) in [6, 6.07) is 0. The van der Waals surface area contributed by atoms with Gasteiger partial charge in [0.2, 0.25) is 0 Å². The van der Waals surface area contributed by atoms with Gasteiger partial charge in [-0.25, -0.2) is 9.97 Å². The van der Waals surface area contributed by atoms with E-state index < -0.39 is 24.0 Å². The van der Waals surface area contributed by atoms with E-state index in [0.717, 1.165) is 10.9 Å². The van der Waals surface area contributed by atoms with E-state index in [4.69, 9.17) is 4.74 Å². The van der Waals surface area contributed by atoms with Crippen LogP contribution in [-0.4, -0.2) is 61.3 Å². The van der Waals surface area contributed by atoms with Crippen LogP contribution in [0.4, 0.5) is 5.82 Å². The van der Waals surface area contributed by atoms with E-state index in [9.17, 15) is 15.3 Å². The van der Waals surface area contributed by atoms with Crippen molar-refractivity contribution in [3.8, 4) is 0 Å². The number of nitrogens with zero attached hydrogens (tertiary/aromatic N) is 3. The maximum Gasteiger partial charge on any atom is 0.167 e. The molecular weight excluding hydrogens is 288 g/mol. The number of hydrogen-bond acceptors (Lipinski definition) is 7. The van der Waals surface area contributed by atoms with Gasteiger partial charge in [-0.3, -0.25) is 0 Å². The summed E-state index contributed by atoms with van der Waals surface area (Å²) in [4.78, 5) is 8.45. The van der Waals surface area contributed by atoms with E-state index in [1.165, 1.54) is 13.3 Å². The summed E-state index contributed by atoms with van der Waals surface area (Å²) in [6.45, 7) is 3.02. The molecule has 4 atom stereocenters. The number of anilines is 1. The first-order valence-electron chi connectivity index (χ1n) is 7.08. The molecule has 0 radical (unpaired) electrons. The van der Waals surface area contributed by atoms with Crippen LogP contribution in [-0.2, 0) is 4.74 Å². The minimum Gasteiger partial charge on any atom is -0.394 e. The Bertz CT molecular complexity index is 699. The lowest BCUT2D eigenvalue weighted by Crippen LogP contribution is -2.44. The first-order valence-corrected chi connectivity index (χ1v) is 7.08. The molecule has 0 amide bonds. The fourth-order valence-corrected chi connectivity index (χ4v) is 3.03. The first kappa shape index (κ1) is 15.2. The van der Waals surface area contributed by atoms with E-state index in [1.807, 2.05) is 6.92 Å². The van der Waals surface area contributed by atoms with Gasteiger partial charge in [0.1, 0.15) is 35.6 Å². The molecule has 1 aliphatic rings. The fraction of sp³-hybridized carbons (Fsp3) is 0.571. The Hall–Kier alpha value is -1.74. The normalized spacial score (nSPS) is 31.8. The van der Waals surface area contributed by atoms with Crippen molar-refractivity contribution in [2.75, 3.05) is 19.0 Å². The lowest BCUT2D eigenvalue weighted by Gasteiger charge is -2.27. The highest BCUT2D eigenvalue weighted by molar-refractivity contribution is 5.90. The van der Waals surface area contributed by atoms with Crippen molar-refractivity contribution in [1.82, 2.24) is 14.5 Å². The number of hydrogen-bond donors (Lipinski definition) is 4. The minimum atomic E-state index is -1.55. The fourth-order valence-electron chi connectivity index (χ4n) is 3.03. The van der Waals surface area contributed by atoms with Crippen molar-refractivity contribution in [1.29, 1.82) is 0 Å². The van der Waals surface area contributed by atoms with Crippen LogP contribution >= 0.6 is 0 Å². The summed E-state index contributed by atoms with van der Waals surface area (Å²) >= 11 is 0. The number of rotatable bonds is 3. The summed E-state index contributed by atoms with van der Waals surface area (Å²) < 4.78 is 7.32. The number of aryl methyl sites for hydroxylation is 1. The van der Waals surface area contributed by atoms with Crippen LogP contribution in [0.3, 0.4) is 0 Å². The van der Waals surface area contributed by atoms with E-state index in [2.05, 4.69) is 15.3 Å². The van der Waals surface area contributed by atoms with Gasteiger partial charge in [-0.2, -0.15) is 0 Å². The second-order valence-corrected chi connectivity index (χ2v) is 5.77. The van der Waals surface area contributed by atoms with Crippen molar-refractivity contribution in [2.24, 2.45) is 0 Å². The quantitative estimate of drug-likeness (QED) is 0.620. The zero-order chi connectivity index (χ0) is 16.1. The monoisotopic (exact) mass is 308 g/mol. The Labute approximate surface area is 127 Å². The number of ether oxygens (including phenoxy) is 1. The third-order valence-corrected chi connectivity index (χ3v) is 4.22. The van der Waals surface area contributed by atoms with Gasteiger partial charge < -0.3 is 29.9 Å². The summed E-state index contributed by atoms with van der Waals surface area (Å²) in [5, 5.41) is 33.9. The maximum absolute atomic E-state index is 10.6. The molecule has 2 aromatic heterocycles. The maximum atomic E-state index is 10.6. The minimum absolute atomic E-state index is 0.372. The molecule has 4 N–H and O–H groups in total. The smallest absolute Gasteiger partial charge is 0.167 e. The van der Waals surface area contributed by atoms with Crippen molar-refractivity contribution in [3.63, 3.8) is 0 Å². The van der Waals surface area contributed by atoms with E-state index >= 15 is 0 Å². The second kappa shape index (κ2) is 5.17. The molecule has 22 heavy (non-hydrogen) atoms. The Kier molecular flexibility index (Phi) is 3.56. The van der Waals surface area contributed by atoms with Crippen LogP contribution in [0, 0.1) is 6.92 Å². The van der Waals surface area contributed by atoms with Gasteiger partial charge in [-0.05, 0) is 19.4 Å². The number of aliphatic hydroxyl groups excluding tert-OH is 2. The van der Waals surface area contributed by atoms with Gasteiger partial charge in [0.05, 0.1) is 12.0 Å². The zero-order valence-electron chi connectivity index (χ0n) is 12.7. The molecule has 2 aromatic rings. The van der Waals surface area contributed by atoms with Crippen LogP contribution in [0.5, 0.6) is 0 Å². The Balaban J connectivity index is 2.15. The van der Waals surface area contributed by atoms with E-state index in [0.29, 0.717) is 11.5 Å². The molecule has 0 bridgehead atoms. The van der Waals surface area contributed by atoms with Gasteiger partial charge in [0, 0.05) is 13.2 Å². The molecular formula is C14H20N4O4. The third kappa shape index (κ3) is 1.99. The molecule has 8 nitrogen and oxygen atoms in total. The molecule has 0 aliphatic carbocycles. The molecule has 0 spiro atoms. The summed E-state index contributed by atoms with van der Waals surface area (Å²) in [7, 11) is 1.77. The largest absolute Gasteiger partial charge is 0.394 e. The predicted molar refractivity (Wildman–Crippen MR) is 79.4 cm³/mol. The van der Waals surface area contributed by atoms with Crippen molar-refractivity contribution >= 4 is 16.9 Å². The Morgan fingerprint density at radius 3 is 2.77 bits per heavy atom. The molecule has 1 aliphatic heterocycles. The van der Waals surface area contributed by atoms with Crippen molar-refractivity contribution in [2.45, 2.75) is 37.9 Å². The SMILES string of the molecule is CNc1ncnc2c1c(C)cn2[C@@H]1OC(CO)[C@@H](O)[C@@]1(C)O. The van der Waals surface area contributed by atoms with Gasteiger partial charge in [-0.1, -0.05) is 0 Å². The number of nitrogens with one attached hydrogen (secondary N) is 1. The van der Waals surface area contributed by atoms with E-state index in [1.54, 1.807) is 17.8 Å². The highest BCUT2D eigenvalue weighted by Gasteiger charge is 2.53. The Morgan fingerprint density at radius 1 is 1.45 bits per heavy atom. The van der Waals surface area contributed by atoms with E-state index in [-0.39, 0.29) is 6.61 Å². The van der Waals surface area contributed by atoms with Gasteiger partial charge in [0.15, 0.2) is 6.23 Å². The lowest BCUT2D eigenvalue weighted by molar-refractivity contribution is -0.0948. The first-order chi connectivity index (χ1) is 10.4. The van der Waals surface area contributed by atoms with Gasteiger partial charge in [-0.15, -0.1) is 0 Å². The summed E-state index contributed by atoms with van der Waals surface area (Å²) in [5.41, 5.74) is -0.0366. The van der Waals surface area contributed by atoms with Crippen LogP contribution in [0.2, 0.25) is 0 Å². The lowest BCUT2D eigenvalue weighted by atomic mass is 9.96. The van der Waals surface area contributed by atoms with Crippen LogP contribution in [0.25, 0.3) is 11.0 Å². The molecule has 3 heterocycles. The highest BCUT2D eigenvalue weighted by Crippen LogP contribution is 2.40. The average Bonchev–Trinajstić information content (AvgIpc) is 2.95. The van der Waals surface area contributed by atoms with Crippen LogP contribution in [0.1, 0.15) is 18.7 Å². The summed E-state index contributed by atoms with van der Waals surface area (Å²) in [5.74, 6) is 0.679. The molecule has 1 fully saturated rings. The van der Waals surface area contributed by atoms with Gasteiger partial charge in [0.25, 0.3) is 0 Å². The standard InChI is InChI=1S/C14H20N4O4/c1-7-4-18(12-9(7)11(15-3)16-6-17-12)13-14(2,21)10(20)8(5-19)22-13/h4,6,8,10,13,19-21H,5H2,1-3H3,(H,15,16,17)/t8?,10-,13-,14-/m1/s1. The molecule has 1 unspecified atom stereocenters. The summed E-state index contributed by atoms with van der Waals surface area (Å²) in [6.07, 6.45) is 0.337. The van der Waals surface area contributed by atoms with Crippen LogP contribution < -0.4 is 5.32 Å². The molecule has 1 saturated heterocycles. The number of fused-ring (bicyclic) bond motifs is 1. The molecule has 0 saturated carbocycles. The van der Waals surface area contributed by atoms with Gasteiger partial charge >= 0.3 is 0 Å². The second-order valence-electron chi connectivity index (χ2n) is 5.77. The number of aliphatic hydroxyl groups is 3. The Morgan fingerprint density at radius 2 is 2.18 bits per heavy atom. The highest BCUT2D eigenvalue weighted by atomic mass is 16.6. The molecule has 0 aromatic carbocycles. The van der Waals surface area contributed by atoms with Crippen molar-refractivity contribution < 1.29 is 20.1 Å². The molecule has 120 valence electrons. The topological polar surface area (TPSA) is 113 Å². The molecule has 8 heteroatoms. The van der Waals surface area contributed by atoms with Crippen molar-refractivity contribution in [3.05, 3.63) is 18.1 Å². The van der Waals surface area contributed by atoms with Crippen LogP contribution in [0.15, 0.2) is 12.5 Å². The molecule has 3 rings (SSSR count). The average molecular weight is 308 g/mol. The third-order valence-electron chi connectivity index (χ3n) is 4.22.